The van der Waals surface area contributed by atoms with Crippen LogP contribution < -0.4 is 0 Å². The molecule has 0 radical (unpaired) electrons. The smallest absolute Gasteiger partial charge is 0.163 e. The first-order chi connectivity index (χ1) is 12.9. The van der Waals surface area contributed by atoms with Crippen molar-refractivity contribution < 1.29 is 29.3 Å². The summed E-state index contributed by atoms with van der Waals surface area (Å²) < 4.78 is 10.5. The van der Waals surface area contributed by atoms with Gasteiger partial charge in [-0.3, -0.25) is 9.59 Å². The van der Waals surface area contributed by atoms with E-state index in [1.54, 1.807) is 14.2 Å². The summed E-state index contributed by atoms with van der Waals surface area (Å²) in [4.78, 5) is 24.1. The molecule has 6 heteroatoms. The maximum atomic E-state index is 12.0. The third-order valence-electron chi connectivity index (χ3n) is 5.66. The molecule has 27 heavy (non-hydrogen) atoms. The van der Waals surface area contributed by atoms with Crippen molar-refractivity contribution in [2.75, 3.05) is 14.2 Å². The molecule has 152 valence electrons. The number of ketones is 2. The molecule has 0 aromatic carbocycles. The standard InChI is InChI=1S/C21H32O6/c1-26-20-11-14(5-9-18(20)24)3-7-16(22)13-17(23)8-4-15-6-10-19(25)21(12-15)27-2/h3-4,7-8,14-15,18-21,24-25H,5-6,9-13H2,1-2H3/b7-3-,8-4-. The second-order valence-electron chi connectivity index (χ2n) is 7.66. The molecule has 0 spiro atoms. The van der Waals surface area contributed by atoms with E-state index in [-0.39, 0.29) is 42.0 Å². The van der Waals surface area contributed by atoms with Crippen molar-refractivity contribution in [3.8, 4) is 0 Å². The quantitative estimate of drug-likeness (QED) is 0.494. The maximum Gasteiger partial charge on any atom is 0.163 e. The van der Waals surface area contributed by atoms with E-state index in [2.05, 4.69) is 0 Å². The fraction of sp³-hybridized carbons (Fsp3) is 0.714. The Labute approximate surface area is 161 Å². The highest BCUT2D eigenvalue weighted by molar-refractivity contribution is 6.08. The number of ether oxygens (including phenoxy) is 2. The minimum Gasteiger partial charge on any atom is -0.390 e. The third-order valence-corrected chi connectivity index (χ3v) is 5.66. The molecule has 0 bridgehead atoms. The minimum absolute atomic E-state index is 0.140. The topological polar surface area (TPSA) is 93.1 Å². The molecule has 0 aromatic heterocycles. The molecule has 6 nitrogen and oxygen atoms in total. The average molecular weight is 380 g/mol. The van der Waals surface area contributed by atoms with Gasteiger partial charge >= 0.3 is 0 Å². The van der Waals surface area contributed by atoms with E-state index >= 15 is 0 Å². The Morgan fingerprint density at radius 2 is 1.22 bits per heavy atom. The zero-order valence-corrected chi connectivity index (χ0v) is 16.3. The lowest BCUT2D eigenvalue weighted by Crippen LogP contribution is -2.34. The number of methoxy groups -OCH3 is 2. The Kier molecular flexibility index (Phi) is 8.83. The second kappa shape index (κ2) is 10.9. The van der Waals surface area contributed by atoms with E-state index < -0.39 is 12.2 Å². The van der Waals surface area contributed by atoms with Crippen LogP contribution in [-0.2, 0) is 19.1 Å². The molecule has 2 aliphatic carbocycles. The van der Waals surface area contributed by atoms with Crippen LogP contribution in [0.3, 0.4) is 0 Å². The molecule has 0 aliphatic heterocycles. The summed E-state index contributed by atoms with van der Waals surface area (Å²) in [6.07, 6.45) is 9.52. The minimum atomic E-state index is -0.444. The van der Waals surface area contributed by atoms with Crippen LogP contribution in [0, 0.1) is 11.8 Å². The number of aliphatic hydroxyl groups excluding tert-OH is 2. The second-order valence-corrected chi connectivity index (χ2v) is 7.66. The van der Waals surface area contributed by atoms with Gasteiger partial charge in [0.05, 0.1) is 30.8 Å². The first-order valence-electron chi connectivity index (χ1n) is 9.76. The lowest BCUT2D eigenvalue weighted by molar-refractivity contribution is -0.122. The number of hydrogen-bond acceptors (Lipinski definition) is 6. The molecule has 6 unspecified atom stereocenters. The van der Waals surface area contributed by atoms with Crippen molar-refractivity contribution >= 4 is 11.6 Å². The van der Waals surface area contributed by atoms with Crippen LogP contribution in [0.15, 0.2) is 24.3 Å². The molecular formula is C21H32O6. The Bertz CT molecular complexity index is 507. The zero-order chi connectivity index (χ0) is 19.8. The first kappa shape index (κ1) is 22.0. The molecule has 6 atom stereocenters. The van der Waals surface area contributed by atoms with E-state index in [9.17, 15) is 19.8 Å². The summed E-state index contributed by atoms with van der Waals surface area (Å²) in [7, 11) is 3.16. The molecule has 0 saturated heterocycles. The third kappa shape index (κ3) is 6.96. The Morgan fingerprint density at radius 3 is 1.59 bits per heavy atom. The van der Waals surface area contributed by atoms with Gasteiger partial charge in [0, 0.05) is 14.2 Å². The molecule has 2 rings (SSSR count). The van der Waals surface area contributed by atoms with Gasteiger partial charge in [0.25, 0.3) is 0 Å². The fourth-order valence-corrected chi connectivity index (χ4v) is 3.92. The van der Waals surface area contributed by atoms with Gasteiger partial charge in [-0.05, 0) is 62.5 Å². The van der Waals surface area contributed by atoms with E-state index in [4.69, 9.17) is 9.47 Å². The monoisotopic (exact) mass is 380 g/mol. The molecule has 2 fully saturated rings. The number of carbonyl (C=O) groups is 2. The van der Waals surface area contributed by atoms with Crippen LogP contribution in [0.5, 0.6) is 0 Å². The van der Waals surface area contributed by atoms with Gasteiger partial charge in [0.1, 0.15) is 0 Å². The van der Waals surface area contributed by atoms with Crippen molar-refractivity contribution in [2.45, 2.75) is 69.4 Å². The lowest BCUT2D eigenvalue weighted by Gasteiger charge is -2.30. The molecule has 2 N–H and O–H groups in total. The maximum absolute atomic E-state index is 12.0. The normalized spacial score (nSPS) is 35.0. The van der Waals surface area contributed by atoms with Gasteiger partial charge in [-0.25, -0.2) is 0 Å². The molecule has 2 aliphatic rings. The summed E-state index contributed by atoms with van der Waals surface area (Å²) in [5.41, 5.74) is 0. The average Bonchev–Trinajstić information content (AvgIpc) is 2.66. The van der Waals surface area contributed by atoms with Gasteiger partial charge in [0.2, 0.25) is 0 Å². The van der Waals surface area contributed by atoms with Crippen LogP contribution in [0.4, 0.5) is 0 Å². The highest BCUT2D eigenvalue weighted by atomic mass is 16.5. The number of carbonyl (C=O) groups excluding carboxylic acids is 2. The highest BCUT2D eigenvalue weighted by Gasteiger charge is 2.28. The number of allylic oxidation sites excluding steroid dienone is 4. The summed E-state index contributed by atoms with van der Waals surface area (Å²) in [6, 6.07) is 0. The number of hydrogen-bond donors (Lipinski definition) is 2. The summed E-state index contributed by atoms with van der Waals surface area (Å²) in [5, 5.41) is 19.6. The van der Waals surface area contributed by atoms with Crippen LogP contribution >= 0.6 is 0 Å². The van der Waals surface area contributed by atoms with E-state index in [0.717, 1.165) is 12.8 Å². The van der Waals surface area contributed by atoms with Gasteiger partial charge < -0.3 is 19.7 Å². The predicted octanol–water partition coefficient (Wildman–Crippen LogP) is 1.98. The Balaban J connectivity index is 1.76. The SMILES string of the molecule is COC1CC(/C=C\C(=O)CC(=O)/C=C\C2CCC(O)C(OC)C2)CCC1O. The van der Waals surface area contributed by atoms with Crippen molar-refractivity contribution in [1.29, 1.82) is 0 Å². The van der Waals surface area contributed by atoms with Gasteiger partial charge in [-0.1, -0.05) is 12.2 Å². The fourth-order valence-electron chi connectivity index (χ4n) is 3.92. The molecule has 0 heterocycles. The molecule has 0 amide bonds. The summed E-state index contributed by atoms with van der Waals surface area (Å²) >= 11 is 0. The Hall–Kier alpha value is -1.34. The van der Waals surface area contributed by atoms with Gasteiger partial charge in [-0.15, -0.1) is 0 Å². The lowest BCUT2D eigenvalue weighted by atomic mass is 9.84. The summed E-state index contributed by atoms with van der Waals surface area (Å²) in [6.45, 7) is 0. The van der Waals surface area contributed by atoms with Gasteiger partial charge in [-0.2, -0.15) is 0 Å². The van der Waals surface area contributed by atoms with Crippen molar-refractivity contribution in [3.05, 3.63) is 24.3 Å². The van der Waals surface area contributed by atoms with Crippen LogP contribution in [0.25, 0.3) is 0 Å². The first-order valence-corrected chi connectivity index (χ1v) is 9.76. The zero-order valence-electron chi connectivity index (χ0n) is 16.3. The molecular weight excluding hydrogens is 348 g/mol. The molecule has 0 aromatic rings. The van der Waals surface area contributed by atoms with E-state index in [0.29, 0.717) is 25.7 Å². The highest BCUT2D eigenvalue weighted by Crippen LogP contribution is 2.28. The van der Waals surface area contributed by atoms with Crippen molar-refractivity contribution in [1.82, 2.24) is 0 Å². The summed E-state index contributed by atoms with van der Waals surface area (Å²) in [5.74, 6) is -0.0441. The van der Waals surface area contributed by atoms with Crippen molar-refractivity contribution in [3.63, 3.8) is 0 Å². The predicted molar refractivity (Wildman–Crippen MR) is 101 cm³/mol. The number of rotatable bonds is 8. The van der Waals surface area contributed by atoms with Crippen molar-refractivity contribution in [2.24, 2.45) is 11.8 Å². The van der Waals surface area contributed by atoms with Crippen LogP contribution in [0.2, 0.25) is 0 Å². The van der Waals surface area contributed by atoms with Crippen LogP contribution in [-0.4, -0.2) is 60.4 Å². The molecule has 2 saturated carbocycles. The van der Waals surface area contributed by atoms with E-state index in [1.165, 1.54) is 12.2 Å². The Morgan fingerprint density at radius 1 is 0.815 bits per heavy atom. The number of aliphatic hydroxyl groups is 2. The van der Waals surface area contributed by atoms with Gasteiger partial charge in [0.15, 0.2) is 11.6 Å². The van der Waals surface area contributed by atoms with Crippen LogP contribution in [0.1, 0.15) is 44.9 Å². The van der Waals surface area contributed by atoms with E-state index in [1.807, 2.05) is 12.2 Å². The largest absolute Gasteiger partial charge is 0.390 e.